The average Bonchev–Trinajstić information content (AvgIpc) is 3.04. The molecule has 1 aliphatic heterocycles. The molecule has 0 amide bonds. The van der Waals surface area contributed by atoms with Crippen LogP contribution in [0.15, 0.2) is 18.2 Å². The molecule has 1 unspecified atom stereocenters. The summed E-state index contributed by atoms with van der Waals surface area (Å²) in [4.78, 5) is 2.55. The van der Waals surface area contributed by atoms with Crippen LogP contribution in [0, 0.1) is 5.82 Å². The van der Waals surface area contributed by atoms with Crippen LogP contribution < -0.4 is 0 Å². The van der Waals surface area contributed by atoms with E-state index in [2.05, 4.69) is 25.7 Å². The number of rotatable bonds is 2. The van der Waals surface area contributed by atoms with Crippen LogP contribution in [0.5, 0.6) is 0 Å². The van der Waals surface area contributed by atoms with E-state index >= 15 is 0 Å². The summed E-state index contributed by atoms with van der Waals surface area (Å²) in [6.45, 7) is 7.93. The van der Waals surface area contributed by atoms with Crippen molar-refractivity contribution >= 4 is 0 Å². The van der Waals surface area contributed by atoms with E-state index in [-0.39, 0.29) is 11.4 Å². The number of hydrogen-bond donors (Lipinski definition) is 0. The SMILES string of the molecule is CC(C)(C)N1CCCC1c1cc(F)ccc1C1CC1. The maximum atomic E-state index is 13.7. The lowest BCUT2D eigenvalue weighted by molar-refractivity contribution is 0.121. The molecule has 0 bridgehead atoms. The Morgan fingerprint density at radius 1 is 1.11 bits per heavy atom. The molecule has 0 radical (unpaired) electrons. The molecule has 2 fully saturated rings. The molecule has 1 nitrogen and oxygen atoms in total. The Hall–Kier alpha value is -0.890. The highest BCUT2D eigenvalue weighted by Crippen LogP contribution is 2.47. The third-order valence-electron chi connectivity index (χ3n) is 4.54. The Labute approximate surface area is 115 Å². The molecule has 0 N–H and O–H groups in total. The van der Waals surface area contributed by atoms with Crippen LogP contribution >= 0.6 is 0 Å². The van der Waals surface area contributed by atoms with E-state index < -0.39 is 0 Å². The van der Waals surface area contributed by atoms with Gasteiger partial charge in [0, 0.05) is 11.6 Å². The van der Waals surface area contributed by atoms with Crippen molar-refractivity contribution in [2.24, 2.45) is 0 Å². The summed E-state index contributed by atoms with van der Waals surface area (Å²) in [6, 6.07) is 5.86. The van der Waals surface area contributed by atoms with Crippen LogP contribution in [-0.4, -0.2) is 17.0 Å². The van der Waals surface area contributed by atoms with Gasteiger partial charge in [-0.05, 0) is 82.2 Å². The van der Waals surface area contributed by atoms with Crippen LogP contribution in [0.25, 0.3) is 0 Å². The highest BCUT2D eigenvalue weighted by Gasteiger charge is 2.37. The van der Waals surface area contributed by atoms with Gasteiger partial charge in [-0.15, -0.1) is 0 Å². The monoisotopic (exact) mass is 261 g/mol. The van der Waals surface area contributed by atoms with Gasteiger partial charge in [0.1, 0.15) is 5.82 Å². The molecule has 1 aromatic carbocycles. The van der Waals surface area contributed by atoms with Crippen LogP contribution in [-0.2, 0) is 0 Å². The van der Waals surface area contributed by atoms with Crippen LogP contribution in [0.2, 0.25) is 0 Å². The molecule has 1 aromatic rings. The van der Waals surface area contributed by atoms with Gasteiger partial charge in [0.2, 0.25) is 0 Å². The molecule has 19 heavy (non-hydrogen) atoms. The van der Waals surface area contributed by atoms with E-state index in [0.29, 0.717) is 12.0 Å². The number of halogens is 1. The van der Waals surface area contributed by atoms with Crippen molar-refractivity contribution in [1.29, 1.82) is 0 Å². The molecule has 0 aromatic heterocycles. The smallest absolute Gasteiger partial charge is 0.123 e. The molecule has 2 heteroatoms. The predicted octanol–water partition coefficient (Wildman–Crippen LogP) is 4.64. The summed E-state index contributed by atoms with van der Waals surface area (Å²) < 4.78 is 13.7. The first-order chi connectivity index (χ1) is 8.97. The minimum atomic E-state index is -0.0832. The van der Waals surface area contributed by atoms with Gasteiger partial charge in [-0.3, -0.25) is 4.90 Å². The Balaban J connectivity index is 1.98. The van der Waals surface area contributed by atoms with Crippen LogP contribution in [0.4, 0.5) is 4.39 Å². The molecule has 1 saturated heterocycles. The Bertz CT molecular complexity index is 471. The maximum Gasteiger partial charge on any atom is 0.123 e. The zero-order valence-corrected chi connectivity index (χ0v) is 12.2. The van der Waals surface area contributed by atoms with Gasteiger partial charge in [-0.25, -0.2) is 4.39 Å². The summed E-state index contributed by atoms with van der Waals surface area (Å²) in [5.41, 5.74) is 2.83. The summed E-state index contributed by atoms with van der Waals surface area (Å²) in [5.74, 6) is 0.609. The third kappa shape index (κ3) is 2.55. The summed E-state index contributed by atoms with van der Waals surface area (Å²) in [7, 11) is 0. The van der Waals surface area contributed by atoms with Gasteiger partial charge in [0.05, 0.1) is 0 Å². The second kappa shape index (κ2) is 4.59. The summed E-state index contributed by atoms with van der Waals surface area (Å²) >= 11 is 0. The van der Waals surface area contributed by atoms with Gasteiger partial charge < -0.3 is 0 Å². The highest BCUT2D eigenvalue weighted by molar-refractivity contribution is 5.37. The number of likely N-dealkylation sites (tertiary alicyclic amines) is 1. The average molecular weight is 261 g/mol. The van der Waals surface area contributed by atoms with Crippen molar-refractivity contribution in [3.63, 3.8) is 0 Å². The molecule has 2 aliphatic rings. The Morgan fingerprint density at radius 3 is 2.47 bits per heavy atom. The molecule has 1 atom stereocenters. The molecule has 1 aliphatic carbocycles. The third-order valence-corrected chi connectivity index (χ3v) is 4.54. The van der Waals surface area contributed by atoms with Crippen molar-refractivity contribution in [3.05, 3.63) is 35.1 Å². The highest BCUT2D eigenvalue weighted by atomic mass is 19.1. The number of nitrogens with zero attached hydrogens (tertiary/aromatic N) is 1. The van der Waals surface area contributed by atoms with Crippen molar-refractivity contribution < 1.29 is 4.39 Å². The molecule has 104 valence electrons. The molecule has 0 spiro atoms. The number of hydrogen-bond acceptors (Lipinski definition) is 1. The first kappa shape index (κ1) is 13.1. The van der Waals surface area contributed by atoms with Gasteiger partial charge in [-0.2, -0.15) is 0 Å². The second-order valence-corrected chi connectivity index (χ2v) is 7.07. The summed E-state index contributed by atoms with van der Waals surface area (Å²) in [6.07, 6.45) is 4.95. The Kier molecular flexibility index (Phi) is 3.17. The molecular weight excluding hydrogens is 237 g/mol. The first-order valence-corrected chi connectivity index (χ1v) is 7.53. The lowest BCUT2D eigenvalue weighted by Gasteiger charge is -2.38. The fourth-order valence-electron chi connectivity index (χ4n) is 3.49. The van der Waals surface area contributed by atoms with Gasteiger partial charge in [0.25, 0.3) is 0 Å². The van der Waals surface area contributed by atoms with E-state index in [4.69, 9.17) is 0 Å². The minimum Gasteiger partial charge on any atom is -0.291 e. The van der Waals surface area contributed by atoms with Crippen molar-refractivity contribution in [2.75, 3.05) is 6.54 Å². The summed E-state index contributed by atoms with van der Waals surface area (Å²) in [5, 5.41) is 0. The molecule has 1 heterocycles. The largest absolute Gasteiger partial charge is 0.291 e. The Morgan fingerprint density at radius 2 is 1.84 bits per heavy atom. The van der Waals surface area contributed by atoms with E-state index in [1.807, 2.05) is 6.07 Å². The van der Waals surface area contributed by atoms with Crippen LogP contribution in [0.1, 0.15) is 69.5 Å². The molecular formula is C17H24FN. The first-order valence-electron chi connectivity index (χ1n) is 7.53. The zero-order valence-electron chi connectivity index (χ0n) is 12.2. The quantitative estimate of drug-likeness (QED) is 0.749. The predicted molar refractivity (Wildman–Crippen MR) is 76.8 cm³/mol. The van der Waals surface area contributed by atoms with Crippen molar-refractivity contribution in [3.8, 4) is 0 Å². The van der Waals surface area contributed by atoms with E-state index in [9.17, 15) is 4.39 Å². The normalized spacial score (nSPS) is 24.9. The second-order valence-electron chi connectivity index (χ2n) is 7.07. The van der Waals surface area contributed by atoms with Gasteiger partial charge in [0.15, 0.2) is 0 Å². The standard InChI is InChI=1S/C17H24FN/c1-17(2,3)19-10-4-5-16(19)15-11-13(18)8-9-14(15)12-6-7-12/h8-9,11-12,16H,4-7,10H2,1-3H3. The van der Waals surface area contributed by atoms with Crippen molar-refractivity contribution in [1.82, 2.24) is 4.90 Å². The van der Waals surface area contributed by atoms with Gasteiger partial charge >= 0.3 is 0 Å². The molecule has 1 saturated carbocycles. The lowest BCUT2D eigenvalue weighted by atomic mass is 9.93. The van der Waals surface area contributed by atoms with Crippen molar-refractivity contribution in [2.45, 2.75) is 64.0 Å². The van der Waals surface area contributed by atoms with E-state index in [1.165, 1.54) is 36.8 Å². The maximum absolute atomic E-state index is 13.7. The van der Waals surface area contributed by atoms with E-state index in [1.54, 1.807) is 12.1 Å². The fourth-order valence-corrected chi connectivity index (χ4v) is 3.49. The van der Waals surface area contributed by atoms with Gasteiger partial charge in [-0.1, -0.05) is 6.07 Å². The van der Waals surface area contributed by atoms with E-state index in [0.717, 1.165) is 6.54 Å². The zero-order chi connectivity index (χ0) is 13.6. The van der Waals surface area contributed by atoms with Crippen LogP contribution in [0.3, 0.4) is 0 Å². The lowest BCUT2D eigenvalue weighted by Crippen LogP contribution is -2.40. The topological polar surface area (TPSA) is 3.24 Å². The number of benzene rings is 1. The minimum absolute atomic E-state index is 0.0832. The fraction of sp³-hybridized carbons (Fsp3) is 0.647. The molecule has 3 rings (SSSR count).